The van der Waals surface area contributed by atoms with Crippen molar-refractivity contribution in [2.45, 2.75) is 38.9 Å². The van der Waals surface area contributed by atoms with Gasteiger partial charge in [0, 0.05) is 12.7 Å². The van der Waals surface area contributed by atoms with Crippen LogP contribution in [0.5, 0.6) is 0 Å². The summed E-state index contributed by atoms with van der Waals surface area (Å²) < 4.78 is 14.7. The summed E-state index contributed by atoms with van der Waals surface area (Å²) in [6, 6.07) is 10.2. The predicted molar refractivity (Wildman–Crippen MR) is 105 cm³/mol. The maximum atomic E-state index is 12.9. The third-order valence-corrected chi connectivity index (χ3v) is 4.37. The van der Waals surface area contributed by atoms with Crippen molar-refractivity contribution in [3.8, 4) is 0 Å². The Labute approximate surface area is 167 Å². The summed E-state index contributed by atoms with van der Waals surface area (Å²) in [6.07, 6.45) is 3.04. The fourth-order valence-electron chi connectivity index (χ4n) is 2.85. The number of hydrogen-bond donors (Lipinski definition) is 3. The number of hydrogen-bond acceptors (Lipinski definition) is 4. The SMILES string of the molecule is CCC[C@H](NC(=O)NCc1ccc(F)cc1)C(=O)NCc1nnc2ccccn12. The number of nitrogens with one attached hydrogen (secondary N) is 3. The van der Waals surface area contributed by atoms with E-state index < -0.39 is 12.1 Å². The van der Waals surface area contributed by atoms with Gasteiger partial charge in [0.15, 0.2) is 11.5 Å². The monoisotopic (exact) mass is 398 g/mol. The summed E-state index contributed by atoms with van der Waals surface area (Å²) in [5.41, 5.74) is 1.46. The van der Waals surface area contributed by atoms with Crippen molar-refractivity contribution in [2.24, 2.45) is 0 Å². The summed E-state index contributed by atoms with van der Waals surface area (Å²) in [5.74, 6) is -0.0280. The van der Waals surface area contributed by atoms with Gasteiger partial charge in [0.05, 0.1) is 6.54 Å². The summed E-state index contributed by atoms with van der Waals surface area (Å²) in [5, 5.41) is 16.3. The van der Waals surface area contributed by atoms with E-state index in [1.807, 2.05) is 31.3 Å². The Balaban J connectivity index is 1.53. The first kappa shape index (κ1) is 20.2. The second-order valence-corrected chi connectivity index (χ2v) is 6.56. The van der Waals surface area contributed by atoms with E-state index in [0.717, 1.165) is 12.0 Å². The molecule has 0 saturated carbocycles. The smallest absolute Gasteiger partial charge is 0.315 e. The molecule has 3 N–H and O–H groups in total. The fraction of sp³-hybridized carbons (Fsp3) is 0.300. The van der Waals surface area contributed by atoms with E-state index in [4.69, 9.17) is 0 Å². The van der Waals surface area contributed by atoms with Crippen LogP contribution in [0.2, 0.25) is 0 Å². The lowest BCUT2D eigenvalue weighted by Crippen LogP contribution is -2.49. The number of halogens is 1. The Morgan fingerprint density at radius 1 is 1.07 bits per heavy atom. The number of rotatable bonds is 8. The van der Waals surface area contributed by atoms with Crippen LogP contribution in [-0.2, 0) is 17.9 Å². The molecule has 3 amide bonds. The van der Waals surface area contributed by atoms with Gasteiger partial charge in [-0.1, -0.05) is 31.5 Å². The van der Waals surface area contributed by atoms with Crippen LogP contribution in [0, 0.1) is 5.82 Å². The largest absolute Gasteiger partial charge is 0.347 e. The molecular weight excluding hydrogens is 375 g/mol. The van der Waals surface area contributed by atoms with Crippen molar-refractivity contribution in [1.29, 1.82) is 0 Å². The predicted octanol–water partition coefficient (Wildman–Crippen LogP) is 2.15. The molecule has 29 heavy (non-hydrogen) atoms. The van der Waals surface area contributed by atoms with Crippen molar-refractivity contribution in [3.63, 3.8) is 0 Å². The molecule has 2 heterocycles. The highest BCUT2D eigenvalue weighted by Gasteiger charge is 2.20. The molecule has 0 spiro atoms. The van der Waals surface area contributed by atoms with Crippen molar-refractivity contribution >= 4 is 17.6 Å². The highest BCUT2D eigenvalue weighted by atomic mass is 19.1. The molecule has 1 aromatic carbocycles. The molecule has 0 aliphatic heterocycles. The molecule has 0 saturated heterocycles. The van der Waals surface area contributed by atoms with Crippen LogP contribution in [-0.4, -0.2) is 32.6 Å². The molecule has 3 rings (SSSR count). The van der Waals surface area contributed by atoms with Crippen LogP contribution in [0.25, 0.3) is 5.65 Å². The Morgan fingerprint density at radius 2 is 1.86 bits per heavy atom. The quantitative estimate of drug-likeness (QED) is 0.541. The average Bonchev–Trinajstić information content (AvgIpc) is 3.14. The minimum absolute atomic E-state index is 0.198. The zero-order valence-corrected chi connectivity index (χ0v) is 16.1. The number of aromatic nitrogens is 3. The Kier molecular flexibility index (Phi) is 6.72. The maximum absolute atomic E-state index is 12.9. The second-order valence-electron chi connectivity index (χ2n) is 6.56. The first-order valence-corrected chi connectivity index (χ1v) is 9.42. The van der Waals surface area contributed by atoms with Gasteiger partial charge in [-0.3, -0.25) is 9.20 Å². The van der Waals surface area contributed by atoms with E-state index in [0.29, 0.717) is 17.9 Å². The van der Waals surface area contributed by atoms with Crippen LogP contribution in [0.15, 0.2) is 48.7 Å². The van der Waals surface area contributed by atoms with E-state index in [2.05, 4.69) is 26.1 Å². The number of pyridine rings is 1. The van der Waals surface area contributed by atoms with Gasteiger partial charge in [-0.2, -0.15) is 0 Å². The number of fused-ring (bicyclic) bond motifs is 1. The van der Waals surface area contributed by atoms with Crippen LogP contribution in [0.3, 0.4) is 0 Å². The van der Waals surface area contributed by atoms with E-state index in [-0.39, 0.29) is 24.8 Å². The Hall–Kier alpha value is -3.49. The minimum Gasteiger partial charge on any atom is -0.347 e. The normalized spacial score (nSPS) is 11.8. The molecule has 0 radical (unpaired) electrons. The van der Waals surface area contributed by atoms with Gasteiger partial charge >= 0.3 is 6.03 Å². The Morgan fingerprint density at radius 3 is 2.62 bits per heavy atom. The molecule has 2 aromatic heterocycles. The molecule has 9 heteroatoms. The highest BCUT2D eigenvalue weighted by molar-refractivity contribution is 5.86. The van der Waals surface area contributed by atoms with E-state index in [1.54, 1.807) is 16.5 Å². The number of nitrogens with zero attached hydrogens (tertiary/aromatic N) is 3. The molecular formula is C20H23FN6O2. The molecule has 1 atom stereocenters. The van der Waals surface area contributed by atoms with E-state index in [1.165, 1.54) is 12.1 Å². The van der Waals surface area contributed by atoms with Crippen LogP contribution in [0.1, 0.15) is 31.2 Å². The zero-order chi connectivity index (χ0) is 20.6. The van der Waals surface area contributed by atoms with Crippen LogP contribution < -0.4 is 16.0 Å². The molecule has 0 aliphatic rings. The summed E-state index contributed by atoms with van der Waals surface area (Å²) in [6.45, 7) is 2.37. The molecule has 0 fully saturated rings. The average molecular weight is 398 g/mol. The third-order valence-electron chi connectivity index (χ3n) is 4.37. The molecule has 0 unspecified atom stereocenters. The fourth-order valence-corrected chi connectivity index (χ4v) is 2.85. The number of carbonyl (C=O) groups excluding carboxylic acids is 2. The van der Waals surface area contributed by atoms with Gasteiger partial charge < -0.3 is 16.0 Å². The van der Waals surface area contributed by atoms with Gasteiger partial charge in [-0.15, -0.1) is 10.2 Å². The lowest BCUT2D eigenvalue weighted by Gasteiger charge is -2.18. The number of benzene rings is 1. The van der Waals surface area contributed by atoms with Crippen molar-refractivity contribution < 1.29 is 14.0 Å². The summed E-state index contributed by atoms with van der Waals surface area (Å²) in [4.78, 5) is 24.7. The van der Waals surface area contributed by atoms with Crippen molar-refractivity contribution in [1.82, 2.24) is 30.5 Å². The van der Waals surface area contributed by atoms with Gasteiger partial charge in [0.2, 0.25) is 5.91 Å². The number of carbonyl (C=O) groups is 2. The van der Waals surface area contributed by atoms with E-state index >= 15 is 0 Å². The Bertz CT molecular complexity index is 973. The first-order chi connectivity index (χ1) is 14.1. The van der Waals surface area contributed by atoms with Crippen molar-refractivity contribution in [3.05, 3.63) is 65.9 Å². The topological polar surface area (TPSA) is 100 Å². The van der Waals surface area contributed by atoms with E-state index in [9.17, 15) is 14.0 Å². The standard InChI is InChI=1S/C20H23FN6O2/c1-2-5-16(24-20(29)23-12-14-7-9-15(21)10-8-14)19(28)22-13-18-26-25-17-6-3-4-11-27(17)18/h3-4,6-11,16H,2,5,12-13H2,1H3,(H,22,28)(H2,23,24,29)/t16-/m0/s1. The van der Waals surface area contributed by atoms with Crippen LogP contribution in [0.4, 0.5) is 9.18 Å². The highest BCUT2D eigenvalue weighted by Crippen LogP contribution is 2.04. The lowest BCUT2D eigenvalue weighted by molar-refractivity contribution is -0.123. The van der Waals surface area contributed by atoms with Gasteiger partial charge in [0.1, 0.15) is 11.9 Å². The van der Waals surface area contributed by atoms with Gasteiger partial charge in [-0.25, -0.2) is 9.18 Å². The third kappa shape index (κ3) is 5.50. The number of urea groups is 1. The molecule has 8 nitrogen and oxygen atoms in total. The molecule has 0 aliphatic carbocycles. The molecule has 3 aromatic rings. The van der Waals surface area contributed by atoms with Gasteiger partial charge in [0.25, 0.3) is 0 Å². The minimum atomic E-state index is -0.674. The van der Waals surface area contributed by atoms with Crippen LogP contribution >= 0.6 is 0 Å². The second kappa shape index (κ2) is 9.63. The lowest BCUT2D eigenvalue weighted by atomic mass is 10.1. The maximum Gasteiger partial charge on any atom is 0.315 e. The van der Waals surface area contributed by atoms with Crippen molar-refractivity contribution in [2.75, 3.05) is 0 Å². The summed E-state index contributed by atoms with van der Waals surface area (Å²) >= 11 is 0. The first-order valence-electron chi connectivity index (χ1n) is 9.42. The molecule has 152 valence electrons. The summed E-state index contributed by atoms with van der Waals surface area (Å²) in [7, 11) is 0. The zero-order valence-electron chi connectivity index (χ0n) is 16.1. The molecule has 0 bridgehead atoms. The van der Waals surface area contributed by atoms with Gasteiger partial charge in [-0.05, 0) is 36.2 Å². The number of amides is 3.